The van der Waals surface area contributed by atoms with Gasteiger partial charge in [0.05, 0.1) is 6.54 Å². The lowest BCUT2D eigenvalue weighted by molar-refractivity contribution is 0.00292. The zero-order valence-electron chi connectivity index (χ0n) is 13.9. The Labute approximate surface area is 144 Å². The highest BCUT2D eigenvalue weighted by atomic mass is 35.5. The highest BCUT2D eigenvalue weighted by Gasteiger charge is 2.47. The van der Waals surface area contributed by atoms with Gasteiger partial charge >= 0.3 is 6.09 Å². The molecule has 1 N–H and O–H groups in total. The maximum Gasteiger partial charge on any atom is 0.410 e. The number of nitrogens with one attached hydrogen (secondary N) is 1. The fourth-order valence-electron chi connectivity index (χ4n) is 3.25. The van der Waals surface area contributed by atoms with Crippen molar-refractivity contribution in [2.24, 2.45) is 0 Å². The van der Waals surface area contributed by atoms with Crippen LogP contribution in [0.2, 0.25) is 5.02 Å². The molecule has 1 saturated heterocycles. The normalized spacial score (nSPS) is 23.2. The van der Waals surface area contributed by atoms with Crippen molar-refractivity contribution in [2.45, 2.75) is 44.9 Å². The molecule has 1 spiro atoms. The lowest BCUT2D eigenvalue weighted by Gasteiger charge is -2.41. The fourth-order valence-corrected chi connectivity index (χ4v) is 3.40. The molecule has 2 aliphatic heterocycles. The molecular weight excluding hydrogens is 334 g/mol. The molecule has 2 aliphatic rings. The zero-order chi connectivity index (χ0) is 17.7. The first-order valence-electron chi connectivity index (χ1n) is 7.85. The van der Waals surface area contributed by atoms with Crippen molar-refractivity contribution in [3.63, 3.8) is 0 Å². The van der Waals surface area contributed by atoms with E-state index < -0.39 is 22.9 Å². The Morgan fingerprint density at radius 2 is 2.04 bits per heavy atom. The highest BCUT2D eigenvalue weighted by molar-refractivity contribution is 6.30. The van der Waals surface area contributed by atoms with E-state index in [-0.39, 0.29) is 23.2 Å². The third-order valence-electron chi connectivity index (χ3n) is 4.17. The third-order valence-corrected chi connectivity index (χ3v) is 4.45. The maximum atomic E-state index is 12.5. The van der Waals surface area contributed by atoms with Crippen LogP contribution in [0.5, 0.6) is 0 Å². The summed E-state index contributed by atoms with van der Waals surface area (Å²) in [6, 6.07) is 2.95. The molecule has 1 atom stereocenters. The molecule has 24 heavy (non-hydrogen) atoms. The fraction of sp³-hybridized carbons (Fsp3) is 0.562. The maximum absolute atomic E-state index is 12.5. The Balaban J connectivity index is 1.96. The second-order valence-electron chi connectivity index (χ2n) is 7.20. The summed E-state index contributed by atoms with van der Waals surface area (Å²) in [5.74, 6) is -0.338. The van der Waals surface area contributed by atoms with E-state index in [0.29, 0.717) is 19.4 Å². The Hall–Kier alpha value is -2.02. The molecule has 0 bridgehead atoms. The lowest BCUT2D eigenvalue weighted by Crippen LogP contribution is -2.59. The van der Waals surface area contributed by atoms with E-state index in [0.717, 1.165) is 0 Å². The molecule has 130 valence electrons. The molecule has 0 radical (unpaired) electrons. The smallest absolute Gasteiger partial charge is 0.410 e. The van der Waals surface area contributed by atoms with Gasteiger partial charge in [0.1, 0.15) is 22.0 Å². The van der Waals surface area contributed by atoms with Crippen molar-refractivity contribution in [2.75, 3.05) is 13.1 Å². The van der Waals surface area contributed by atoms with E-state index in [1.54, 1.807) is 20.8 Å². The van der Waals surface area contributed by atoms with Gasteiger partial charge in [-0.25, -0.2) is 4.79 Å². The summed E-state index contributed by atoms with van der Waals surface area (Å²) in [4.78, 5) is 38.7. The summed E-state index contributed by atoms with van der Waals surface area (Å²) in [5, 5.41) is 2.91. The number of nitrogens with zero attached hydrogens (tertiary/aromatic N) is 2. The monoisotopic (exact) mass is 353 g/mol. The summed E-state index contributed by atoms with van der Waals surface area (Å²) in [6.07, 6.45) is 0.725. The Morgan fingerprint density at radius 3 is 2.71 bits per heavy atom. The Bertz CT molecular complexity index is 768. The van der Waals surface area contributed by atoms with Crippen LogP contribution < -0.4 is 10.9 Å². The van der Waals surface area contributed by atoms with Crippen LogP contribution in [0.1, 0.15) is 44.1 Å². The van der Waals surface area contributed by atoms with Gasteiger partial charge in [0.2, 0.25) is 0 Å². The topological polar surface area (TPSA) is 80.6 Å². The predicted octanol–water partition coefficient (Wildman–Crippen LogP) is 1.93. The Kier molecular flexibility index (Phi) is 3.86. The molecule has 0 aliphatic carbocycles. The number of hydrogen-bond acceptors (Lipinski definition) is 4. The van der Waals surface area contributed by atoms with E-state index in [1.807, 2.05) is 0 Å². The minimum absolute atomic E-state index is 0.0454. The third kappa shape index (κ3) is 2.77. The van der Waals surface area contributed by atoms with Crippen molar-refractivity contribution in [1.29, 1.82) is 0 Å². The van der Waals surface area contributed by atoms with Gasteiger partial charge in [0.25, 0.3) is 11.5 Å². The number of carbonyl (C=O) groups is 2. The summed E-state index contributed by atoms with van der Waals surface area (Å²) in [6.45, 7) is 6.06. The van der Waals surface area contributed by atoms with Gasteiger partial charge in [0.15, 0.2) is 0 Å². The van der Waals surface area contributed by atoms with Crippen molar-refractivity contribution in [3.05, 3.63) is 33.2 Å². The van der Waals surface area contributed by atoms with Crippen LogP contribution >= 0.6 is 11.6 Å². The number of halogens is 1. The van der Waals surface area contributed by atoms with Crippen molar-refractivity contribution in [3.8, 4) is 0 Å². The van der Waals surface area contributed by atoms with Crippen LogP contribution in [0, 0.1) is 0 Å². The zero-order valence-corrected chi connectivity index (χ0v) is 14.6. The van der Waals surface area contributed by atoms with Gasteiger partial charge in [-0.3, -0.25) is 14.2 Å². The molecule has 1 fully saturated rings. The van der Waals surface area contributed by atoms with Crippen LogP contribution in [0.25, 0.3) is 0 Å². The Morgan fingerprint density at radius 1 is 1.33 bits per heavy atom. The summed E-state index contributed by atoms with van der Waals surface area (Å²) < 4.78 is 6.79. The minimum Gasteiger partial charge on any atom is -0.444 e. The van der Waals surface area contributed by atoms with E-state index in [2.05, 4.69) is 5.32 Å². The SMILES string of the molecule is CC(C)(C)OC(=O)N1CCCC2(C1)NC(=O)c1ccc(Cl)c(=O)n12. The second-order valence-corrected chi connectivity index (χ2v) is 7.61. The number of aromatic nitrogens is 1. The number of likely N-dealkylation sites (tertiary alicyclic amines) is 1. The van der Waals surface area contributed by atoms with Gasteiger partial charge < -0.3 is 15.0 Å². The number of ether oxygens (including phenoxy) is 1. The predicted molar refractivity (Wildman–Crippen MR) is 88.2 cm³/mol. The molecule has 0 saturated carbocycles. The van der Waals surface area contributed by atoms with E-state index in [9.17, 15) is 14.4 Å². The van der Waals surface area contributed by atoms with E-state index >= 15 is 0 Å². The average Bonchev–Trinajstić information content (AvgIpc) is 2.73. The number of pyridine rings is 1. The number of piperidine rings is 1. The molecule has 1 unspecified atom stereocenters. The standard InChI is InChI=1S/C16H20ClN3O4/c1-15(2,3)24-14(23)19-8-4-7-16(9-19)18-12(21)11-6-5-10(17)13(22)20(11)16/h5-6H,4,7-9H2,1-3H3,(H,18,21). The summed E-state index contributed by atoms with van der Waals surface area (Å²) in [5.41, 5.74) is -1.75. The molecule has 1 aromatic heterocycles. The molecule has 0 aromatic carbocycles. The number of hydrogen-bond donors (Lipinski definition) is 1. The van der Waals surface area contributed by atoms with Crippen LogP contribution in [0.15, 0.2) is 16.9 Å². The van der Waals surface area contributed by atoms with Crippen molar-refractivity contribution >= 4 is 23.6 Å². The molecule has 1 aromatic rings. The molecule has 3 rings (SSSR count). The molecular formula is C16H20ClN3O4. The second kappa shape index (κ2) is 5.51. The van der Waals surface area contributed by atoms with E-state index in [1.165, 1.54) is 21.6 Å². The number of carbonyl (C=O) groups excluding carboxylic acids is 2. The lowest BCUT2D eigenvalue weighted by atomic mass is 9.98. The quantitative estimate of drug-likeness (QED) is 0.772. The highest BCUT2D eigenvalue weighted by Crippen LogP contribution is 2.32. The van der Waals surface area contributed by atoms with Crippen LogP contribution in [0.3, 0.4) is 0 Å². The van der Waals surface area contributed by atoms with Gasteiger partial charge in [-0.05, 0) is 45.7 Å². The molecule has 8 heteroatoms. The minimum atomic E-state index is -0.969. The number of amides is 2. The van der Waals surface area contributed by atoms with Gasteiger partial charge in [-0.1, -0.05) is 11.6 Å². The number of fused-ring (bicyclic) bond motifs is 2. The first kappa shape index (κ1) is 16.8. The van der Waals surface area contributed by atoms with Crippen molar-refractivity contribution in [1.82, 2.24) is 14.8 Å². The van der Waals surface area contributed by atoms with Gasteiger partial charge in [-0.15, -0.1) is 0 Å². The number of rotatable bonds is 0. The van der Waals surface area contributed by atoms with Crippen molar-refractivity contribution < 1.29 is 14.3 Å². The summed E-state index contributed by atoms with van der Waals surface area (Å²) in [7, 11) is 0. The largest absolute Gasteiger partial charge is 0.444 e. The van der Waals surface area contributed by atoms with E-state index in [4.69, 9.17) is 16.3 Å². The van der Waals surface area contributed by atoms with Gasteiger partial charge in [-0.2, -0.15) is 0 Å². The average molecular weight is 354 g/mol. The summed E-state index contributed by atoms with van der Waals surface area (Å²) >= 11 is 5.95. The van der Waals surface area contributed by atoms with Crippen LogP contribution in [-0.4, -0.2) is 40.2 Å². The van der Waals surface area contributed by atoms with Crippen LogP contribution in [-0.2, 0) is 10.4 Å². The van der Waals surface area contributed by atoms with Gasteiger partial charge in [0, 0.05) is 6.54 Å². The molecule has 2 amide bonds. The molecule has 7 nitrogen and oxygen atoms in total. The van der Waals surface area contributed by atoms with Crippen LogP contribution in [0.4, 0.5) is 4.79 Å². The first-order chi connectivity index (χ1) is 11.1. The first-order valence-corrected chi connectivity index (χ1v) is 8.23. The molecule has 3 heterocycles.